The summed E-state index contributed by atoms with van der Waals surface area (Å²) in [6, 6.07) is 4.47. The van der Waals surface area contributed by atoms with Gasteiger partial charge in [0, 0.05) is 25.3 Å². The molecule has 128 valence electrons. The molecule has 0 saturated heterocycles. The van der Waals surface area contributed by atoms with E-state index in [4.69, 9.17) is 4.74 Å². The molecule has 2 rings (SSSR count). The van der Waals surface area contributed by atoms with Gasteiger partial charge in [-0.05, 0) is 58.1 Å². The van der Waals surface area contributed by atoms with Crippen LogP contribution in [0.3, 0.4) is 0 Å². The summed E-state index contributed by atoms with van der Waals surface area (Å²) in [7, 11) is 0. The number of nitrogens with zero attached hydrogens (tertiary/aromatic N) is 1. The van der Waals surface area contributed by atoms with Crippen LogP contribution < -0.4 is 10.6 Å². The maximum absolute atomic E-state index is 11.8. The normalized spacial score (nSPS) is 21.2. The number of amides is 1. The molecule has 0 spiro atoms. The predicted octanol–water partition coefficient (Wildman–Crippen LogP) is 3.17. The van der Waals surface area contributed by atoms with Crippen molar-refractivity contribution in [3.63, 3.8) is 0 Å². The van der Waals surface area contributed by atoms with Crippen molar-refractivity contribution in [1.82, 2.24) is 15.6 Å². The Morgan fingerprint density at radius 1 is 1.39 bits per heavy atom. The number of pyridine rings is 1. The number of nitrogens with one attached hydrogen (secondary N) is 2. The van der Waals surface area contributed by atoms with Gasteiger partial charge in [-0.15, -0.1) is 0 Å². The van der Waals surface area contributed by atoms with Gasteiger partial charge >= 0.3 is 6.09 Å². The van der Waals surface area contributed by atoms with Gasteiger partial charge in [-0.25, -0.2) is 4.79 Å². The highest BCUT2D eigenvalue weighted by Crippen LogP contribution is 2.25. The summed E-state index contributed by atoms with van der Waals surface area (Å²) >= 11 is 0. The summed E-state index contributed by atoms with van der Waals surface area (Å²) in [6.07, 6.45) is 4.98. The Bertz CT molecular complexity index is 525. The minimum atomic E-state index is -0.450. The molecule has 2 unspecified atom stereocenters. The molecule has 1 aromatic heterocycles. The van der Waals surface area contributed by atoms with Gasteiger partial charge in [0.2, 0.25) is 0 Å². The largest absolute Gasteiger partial charge is 0.444 e. The van der Waals surface area contributed by atoms with E-state index in [1.807, 2.05) is 33.0 Å². The first kappa shape index (κ1) is 17.7. The maximum atomic E-state index is 11.8. The number of hydrogen-bond acceptors (Lipinski definition) is 4. The van der Waals surface area contributed by atoms with Crippen LogP contribution in [-0.2, 0) is 11.3 Å². The quantitative estimate of drug-likeness (QED) is 0.875. The highest BCUT2D eigenvalue weighted by Gasteiger charge is 2.28. The van der Waals surface area contributed by atoms with Gasteiger partial charge in [0.05, 0.1) is 5.69 Å². The second kappa shape index (κ2) is 7.77. The van der Waals surface area contributed by atoms with Gasteiger partial charge in [-0.3, -0.25) is 4.98 Å². The van der Waals surface area contributed by atoms with Crippen molar-refractivity contribution in [1.29, 1.82) is 0 Å². The van der Waals surface area contributed by atoms with Crippen molar-refractivity contribution in [2.45, 2.75) is 65.1 Å². The second-order valence-electron chi connectivity index (χ2n) is 7.33. The maximum Gasteiger partial charge on any atom is 0.407 e. The number of carbonyl (C=O) groups is 1. The zero-order chi connectivity index (χ0) is 16.9. The summed E-state index contributed by atoms with van der Waals surface area (Å²) in [5.74, 6) is 0.450. The number of hydrogen-bond donors (Lipinski definition) is 2. The van der Waals surface area contributed by atoms with Gasteiger partial charge < -0.3 is 15.4 Å². The van der Waals surface area contributed by atoms with Crippen LogP contribution in [0.5, 0.6) is 0 Å². The summed E-state index contributed by atoms with van der Waals surface area (Å²) in [6.45, 7) is 9.15. The smallest absolute Gasteiger partial charge is 0.407 e. The average molecular weight is 319 g/mol. The third-order valence-corrected chi connectivity index (χ3v) is 4.22. The number of aromatic nitrogens is 1. The Morgan fingerprint density at radius 3 is 2.87 bits per heavy atom. The van der Waals surface area contributed by atoms with Gasteiger partial charge in [0.15, 0.2) is 0 Å². The van der Waals surface area contributed by atoms with Crippen molar-refractivity contribution < 1.29 is 9.53 Å². The van der Waals surface area contributed by atoms with Crippen LogP contribution >= 0.6 is 0 Å². The molecule has 0 radical (unpaired) electrons. The lowest BCUT2D eigenvalue weighted by molar-refractivity contribution is 0.0517. The molecule has 1 aromatic rings. The molecule has 1 saturated carbocycles. The van der Waals surface area contributed by atoms with E-state index in [0.29, 0.717) is 18.5 Å². The second-order valence-corrected chi connectivity index (χ2v) is 7.33. The fourth-order valence-corrected chi connectivity index (χ4v) is 3.01. The van der Waals surface area contributed by atoms with Crippen LogP contribution in [0.25, 0.3) is 0 Å². The molecular formula is C18H29N3O2. The number of ether oxygens (including phenoxy) is 1. The Hall–Kier alpha value is -1.62. The molecule has 2 N–H and O–H groups in total. The van der Waals surface area contributed by atoms with E-state index in [1.54, 1.807) is 0 Å². The number of rotatable bonds is 5. The molecule has 1 amide bonds. The molecule has 1 heterocycles. The summed E-state index contributed by atoms with van der Waals surface area (Å²) in [5.41, 5.74) is 1.85. The van der Waals surface area contributed by atoms with E-state index in [2.05, 4.69) is 28.6 Å². The third kappa shape index (κ3) is 5.82. The average Bonchev–Trinajstić information content (AvgIpc) is 2.90. The third-order valence-electron chi connectivity index (χ3n) is 4.22. The van der Waals surface area contributed by atoms with E-state index >= 15 is 0 Å². The predicted molar refractivity (Wildman–Crippen MR) is 91.2 cm³/mol. The molecule has 1 aliphatic carbocycles. The lowest BCUT2D eigenvalue weighted by Gasteiger charge is -2.24. The molecule has 0 aliphatic heterocycles. The van der Waals surface area contributed by atoms with Gasteiger partial charge in [-0.2, -0.15) is 0 Å². The molecule has 1 aliphatic rings. The van der Waals surface area contributed by atoms with Crippen LogP contribution in [0.15, 0.2) is 18.3 Å². The van der Waals surface area contributed by atoms with E-state index < -0.39 is 5.60 Å². The SMILES string of the molecule is Cc1cccnc1CNC1CCCC1CNC(=O)OC(C)(C)C. The monoisotopic (exact) mass is 319 g/mol. The molecule has 23 heavy (non-hydrogen) atoms. The van der Waals surface area contributed by atoms with Gasteiger partial charge in [-0.1, -0.05) is 12.5 Å². The molecular weight excluding hydrogens is 290 g/mol. The Labute approximate surface area is 139 Å². The minimum Gasteiger partial charge on any atom is -0.444 e. The molecule has 2 atom stereocenters. The van der Waals surface area contributed by atoms with Crippen LogP contribution in [0, 0.1) is 12.8 Å². The van der Waals surface area contributed by atoms with Crippen LogP contribution in [0.4, 0.5) is 4.79 Å². The fourth-order valence-electron chi connectivity index (χ4n) is 3.01. The lowest BCUT2D eigenvalue weighted by atomic mass is 10.0. The molecule has 1 fully saturated rings. The van der Waals surface area contributed by atoms with E-state index in [0.717, 1.165) is 25.1 Å². The fraction of sp³-hybridized carbons (Fsp3) is 0.667. The standard InChI is InChI=1S/C18H29N3O2/c1-13-7-6-10-19-16(13)12-20-15-9-5-8-14(15)11-21-17(22)23-18(2,3)4/h6-7,10,14-15,20H,5,8-9,11-12H2,1-4H3,(H,21,22). The minimum absolute atomic E-state index is 0.330. The highest BCUT2D eigenvalue weighted by molar-refractivity contribution is 5.67. The molecule has 5 heteroatoms. The van der Waals surface area contributed by atoms with Crippen molar-refractivity contribution in [2.24, 2.45) is 5.92 Å². The Kier molecular flexibility index (Phi) is 5.99. The first-order valence-electron chi connectivity index (χ1n) is 8.46. The topological polar surface area (TPSA) is 63.2 Å². The van der Waals surface area contributed by atoms with Crippen LogP contribution in [0.2, 0.25) is 0 Å². The van der Waals surface area contributed by atoms with Gasteiger partial charge in [0.1, 0.15) is 5.60 Å². The Balaban J connectivity index is 1.79. The van der Waals surface area contributed by atoms with Gasteiger partial charge in [0.25, 0.3) is 0 Å². The molecule has 0 bridgehead atoms. The Morgan fingerprint density at radius 2 is 2.17 bits per heavy atom. The van der Waals surface area contributed by atoms with E-state index in [1.165, 1.54) is 12.0 Å². The van der Waals surface area contributed by atoms with Crippen LogP contribution in [-0.4, -0.2) is 29.3 Å². The number of aryl methyl sites for hydroxylation is 1. The van der Waals surface area contributed by atoms with Crippen molar-refractivity contribution in [3.05, 3.63) is 29.6 Å². The van der Waals surface area contributed by atoms with Crippen LogP contribution in [0.1, 0.15) is 51.3 Å². The summed E-state index contributed by atoms with van der Waals surface area (Å²) < 4.78 is 5.30. The van der Waals surface area contributed by atoms with Crippen molar-refractivity contribution >= 4 is 6.09 Å². The zero-order valence-electron chi connectivity index (χ0n) is 14.7. The summed E-state index contributed by atoms with van der Waals surface area (Å²) in [4.78, 5) is 16.2. The first-order chi connectivity index (χ1) is 10.8. The zero-order valence-corrected chi connectivity index (χ0v) is 14.7. The molecule has 0 aromatic carbocycles. The van der Waals surface area contributed by atoms with E-state index in [9.17, 15) is 4.79 Å². The first-order valence-corrected chi connectivity index (χ1v) is 8.46. The number of alkyl carbamates (subject to hydrolysis) is 1. The van der Waals surface area contributed by atoms with E-state index in [-0.39, 0.29) is 6.09 Å². The number of carbonyl (C=O) groups excluding carboxylic acids is 1. The van der Waals surface area contributed by atoms with Crippen molar-refractivity contribution in [3.8, 4) is 0 Å². The lowest BCUT2D eigenvalue weighted by Crippen LogP contribution is -2.41. The molecule has 5 nitrogen and oxygen atoms in total. The van der Waals surface area contributed by atoms with Crippen molar-refractivity contribution in [2.75, 3.05) is 6.54 Å². The summed E-state index contributed by atoms with van der Waals surface area (Å²) in [5, 5.41) is 6.51. The highest BCUT2D eigenvalue weighted by atomic mass is 16.6.